The third-order valence-electron chi connectivity index (χ3n) is 3.90. The van der Waals surface area contributed by atoms with Gasteiger partial charge in [-0.2, -0.15) is 0 Å². The molecule has 0 aliphatic heterocycles. The second-order valence-corrected chi connectivity index (χ2v) is 6.46. The molecule has 0 amide bonds. The molecule has 0 spiro atoms. The maximum atomic E-state index is 4.83. The first-order chi connectivity index (χ1) is 10.8. The molecule has 0 saturated carbocycles. The van der Waals surface area contributed by atoms with E-state index < -0.39 is 0 Å². The molecule has 0 N–H and O–H groups in total. The molecule has 3 aromatic heterocycles. The van der Waals surface area contributed by atoms with Crippen LogP contribution in [-0.4, -0.2) is 15.0 Å². The summed E-state index contributed by atoms with van der Waals surface area (Å²) in [7, 11) is 0. The zero-order valence-corrected chi connectivity index (χ0v) is 12.9. The van der Waals surface area contributed by atoms with Gasteiger partial charge in [0.2, 0.25) is 0 Å². The molecule has 3 aromatic rings. The van der Waals surface area contributed by atoms with E-state index in [9.17, 15) is 0 Å². The number of pyridine rings is 2. The van der Waals surface area contributed by atoms with Gasteiger partial charge in [-0.25, -0.2) is 9.97 Å². The van der Waals surface area contributed by atoms with E-state index >= 15 is 0 Å². The highest BCUT2D eigenvalue weighted by molar-refractivity contribution is 7.18. The van der Waals surface area contributed by atoms with Crippen LogP contribution in [0.25, 0.3) is 26.7 Å². The zero-order chi connectivity index (χ0) is 14.9. The minimum absolute atomic E-state index is 0.974. The summed E-state index contributed by atoms with van der Waals surface area (Å²) in [6.07, 6.45) is 8.84. The molecule has 22 heavy (non-hydrogen) atoms. The topological polar surface area (TPSA) is 38.7 Å². The Morgan fingerprint density at radius 2 is 2.05 bits per heavy atom. The lowest BCUT2D eigenvalue weighted by molar-refractivity contribution is 0.811. The fourth-order valence-corrected chi connectivity index (χ4v) is 3.63. The van der Waals surface area contributed by atoms with Gasteiger partial charge in [0.25, 0.3) is 0 Å². The van der Waals surface area contributed by atoms with Gasteiger partial charge in [-0.1, -0.05) is 12.6 Å². The maximum absolute atomic E-state index is 4.83. The van der Waals surface area contributed by atoms with Gasteiger partial charge >= 0.3 is 0 Å². The fraction of sp³-hybridized carbons (Fsp3) is 0.167. The Morgan fingerprint density at radius 1 is 1.09 bits per heavy atom. The SMILES string of the molecule is C=C1CCCc2ccc(-c3cnc(-c4cccnc4)s3)nc21. The first-order valence-corrected chi connectivity index (χ1v) is 8.17. The minimum atomic E-state index is 0.974. The number of nitrogens with zero attached hydrogens (tertiary/aromatic N) is 3. The summed E-state index contributed by atoms with van der Waals surface area (Å²) in [5.74, 6) is 0. The number of allylic oxidation sites excluding steroid dienone is 1. The van der Waals surface area contributed by atoms with Crippen LogP contribution < -0.4 is 0 Å². The van der Waals surface area contributed by atoms with Crippen LogP contribution in [0.2, 0.25) is 0 Å². The van der Waals surface area contributed by atoms with E-state index in [0.29, 0.717) is 0 Å². The van der Waals surface area contributed by atoms with Gasteiger partial charge in [0.1, 0.15) is 5.01 Å². The van der Waals surface area contributed by atoms with E-state index in [1.807, 2.05) is 24.5 Å². The normalized spacial score (nSPS) is 13.9. The van der Waals surface area contributed by atoms with Gasteiger partial charge in [0.15, 0.2) is 0 Å². The highest BCUT2D eigenvalue weighted by atomic mass is 32.1. The zero-order valence-electron chi connectivity index (χ0n) is 12.1. The number of rotatable bonds is 2. The standard InChI is InChI=1S/C18H15N3S/c1-12-4-2-5-13-7-8-15(21-17(12)13)16-11-20-18(22-16)14-6-3-9-19-10-14/h3,6-11H,1-2,4-5H2. The fourth-order valence-electron chi connectivity index (χ4n) is 2.76. The lowest BCUT2D eigenvalue weighted by atomic mass is 9.92. The number of hydrogen-bond acceptors (Lipinski definition) is 4. The molecule has 0 unspecified atom stereocenters. The Kier molecular flexibility index (Phi) is 3.31. The van der Waals surface area contributed by atoms with Gasteiger partial charge in [-0.15, -0.1) is 11.3 Å². The molecule has 1 aliphatic rings. The highest BCUT2D eigenvalue weighted by Gasteiger charge is 2.16. The predicted octanol–water partition coefficient (Wildman–Crippen LogP) is 4.62. The van der Waals surface area contributed by atoms with Gasteiger partial charge in [-0.05, 0) is 48.6 Å². The van der Waals surface area contributed by atoms with Gasteiger partial charge in [0.05, 0.1) is 16.3 Å². The van der Waals surface area contributed by atoms with Crippen LogP contribution in [0.15, 0.2) is 49.4 Å². The first-order valence-electron chi connectivity index (χ1n) is 7.36. The summed E-state index contributed by atoms with van der Waals surface area (Å²) in [6.45, 7) is 4.16. The number of aromatic nitrogens is 3. The average molecular weight is 305 g/mol. The van der Waals surface area contributed by atoms with Crippen molar-refractivity contribution in [1.82, 2.24) is 15.0 Å². The summed E-state index contributed by atoms with van der Waals surface area (Å²) in [4.78, 5) is 14.6. The van der Waals surface area contributed by atoms with E-state index in [1.54, 1.807) is 17.5 Å². The minimum Gasteiger partial charge on any atom is -0.264 e. The summed E-state index contributed by atoms with van der Waals surface area (Å²) in [5, 5.41) is 0.974. The van der Waals surface area contributed by atoms with Gasteiger partial charge in [-0.3, -0.25) is 4.98 Å². The lowest BCUT2D eigenvalue weighted by Gasteiger charge is -2.17. The van der Waals surface area contributed by atoms with Crippen molar-refractivity contribution < 1.29 is 0 Å². The molecule has 0 aromatic carbocycles. The first kappa shape index (κ1) is 13.3. The Bertz CT molecular complexity index is 837. The molecule has 0 atom stereocenters. The molecular weight excluding hydrogens is 290 g/mol. The van der Waals surface area contributed by atoms with Crippen LogP contribution in [0, 0.1) is 0 Å². The van der Waals surface area contributed by atoms with Crippen LogP contribution in [0.5, 0.6) is 0 Å². The van der Waals surface area contributed by atoms with E-state index in [4.69, 9.17) is 4.98 Å². The van der Waals surface area contributed by atoms with E-state index in [1.165, 1.54) is 12.0 Å². The molecule has 0 saturated heterocycles. The predicted molar refractivity (Wildman–Crippen MR) is 90.5 cm³/mol. The summed E-state index contributed by atoms with van der Waals surface area (Å²) >= 11 is 1.65. The van der Waals surface area contributed by atoms with Crippen molar-refractivity contribution in [2.75, 3.05) is 0 Å². The molecule has 0 radical (unpaired) electrons. The maximum Gasteiger partial charge on any atom is 0.125 e. The second kappa shape index (κ2) is 5.46. The van der Waals surface area contributed by atoms with Crippen molar-refractivity contribution in [3.8, 4) is 21.1 Å². The van der Waals surface area contributed by atoms with Crippen molar-refractivity contribution >= 4 is 16.9 Å². The van der Waals surface area contributed by atoms with Crippen LogP contribution in [0.3, 0.4) is 0 Å². The molecule has 0 bridgehead atoms. The molecule has 1 aliphatic carbocycles. The molecule has 0 fully saturated rings. The average Bonchev–Trinajstić information content (AvgIpc) is 3.06. The Labute approximate surface area is 133 Å². The number of fused-ring (bicyclic) bond motifs is 1. The van der Waals surface area contributed by atoms with Crippen molar-refractivity contribution in [3.63, 3.8) is 0 Å². The van der Waals surface area contributed by atoms with Crippen LogP contribution in [-0.2, 0) is 6.42 Å². The van der Waals surface area contributed by atoms with Gasteiger partial charge < -0.3 is 0 Å². The van der Waals surface area contributed by atoms with Crippen LogP contribution >= 0.6 is 11.3 Å². The monoisotopic (exact) mass is 305 g/mol. The smallest absolute Gasteiger partial charge is 0.125 e. The molecular formula is C18H15N3S. The summed E-state index contributed by atoms with van der Waals surface area (Å²) in [5.41, 5.74) is 5.58. The lowest BCUT2D eigenvalue weighted by Crippen LogP contribution is -2.04. The molecule has 4 rings (SSSR count). The largest absolute Gasteiger partial charge is 0.264 e. The van der Waals surface area contributed by atoms with Crippen molar-refractivity contribution in [2.24, 2.45) is 0 Å². The summed E-state index contributed by atoms with van der Waals surface area (Å²) in [6, 6.07) is 8.23. The van der Waals surface area contributed by atoms with Crippen molar-refractivity contribution in [1.29, 1.82) is 0 Å². The second-order valence-electron chi connectivity index (χ2n) is 5.43. The Morgan fingerprint density at radius 3 is 2.91 bits per heavy atom. The molecule has 108 valence electrons. The highest BCUT2D eigenvalue weighted by Crippen LogP contribution is 2.34. The van der Waals surface area contributed by atoms with E-state index in [0.717, 1.165) is 45.3 Å². The quantitative estimate of drug-likeness (QED) is 0.693. The summed E-state index contributed by atoms with van der Waals surface area (Å²) < 4.78 is 0. The van der Waals surface area contributed by atoms with Gasteiger partial charge in [0, 0.05) is 24.2 Å². The number of aryl methyl sites for hydroxylation is 1. The third-order valence-corrected chi connectivity index (χ3v) is 4.97. The molecule has 3 nitrogen and oxygen atoms in total. The molecule has 4 heteroatoms. The Hall–Kier alpha value is -2.33. The van der Waals surface area contributed by atoms with Crippen LogP contribution in [0.4, 0.5) is 0 Å². The van der Waals surface area contributed by atoms with Crippen molar-refractivity contribution in [3.05, 3.63) is 60.7 Å². The number of thiazole rings is 1. The van der Waals surface area contributed by atoms with Crippen molar-refractivity contribution in [2.45, 2.75) is 19.3 Å². The molecule has 3 heterocycles. The number of hydrogen-bond donors (Lipinski definition) is 0. The third kappa shape index (κ3) is 2.35. The van der Waals surface area contributed by atoms with Crippen LogP contribution in [0.1, 0.15) is 24.1 Å². The van der Waals surface area contributed by atoms with E-state index in [2.05, 4.69) is 28.7 Å². The Balaban J connectivity index is 1.73. The van der Waals surface area contributed by atoms with E-state index in [-0.39, 0.29) is 0 Å².